The summed E-state index contributed by atoms with van der Waals surface area (Å²) in [6.07, 6.45) is 3.08. The SMILES string of the molecule is COc1ccc2c(CC(=O)NCc3ccc(O)cc3)c3[n+](cc2c1OC)CCc1cc2c(cc1-3)OCO2.[I-]. The van der Waals surface area contributed by atoms with Crippen LogP contribution in [0.3, 0.4) is 0 Å². The van der Waals surface area contributed by atoms with E-state index in [1.165, 1.54) is 0 Å². The molecule has 1 aromatic heterocycles. The van der Waals surface area contributed by atoms with Gasteiger partial charge in [-0.25, -0.2) is 0 Å². The third-order valence-electron chi connectivity index (χ3n) is 7.01. The second-order valence-corrected chi connectivity index (χ2v) is 9.14. The molecule has 0 atom stereocenters. The molecule has 6 rings (SSSR count). The number of aryl methyl sites for hydroxylation is 2. The number of hydrogen-bond donors (Lipinski definition) is 2. The van der Waals surface area contributed by atoms with Gasteiger partial charge in [-0.05, 0) is 47.5 Å². The first kappa shape index (κ1) is 25.9. The van der Waals surface area contributed by atoms with Gasteiger partial charge >= 0.3 is 0 Å². The number of amides is 1. The molecule has 0 unspecified atom stereocenters. The lowest BCUT2D eigenvalue weighted by atomic mass is 9.89. The molecule has 4 aromatic rings. The minimum Gasteiger partial charge on any atom is -1.00 e. The van der Waals surface area contributed by atoms with Crippen LogP contribution in [0.1, 0.15) is 16.7 Å². The third kappa shape index (κ3) is 4.55. The number of nitrogens with one attached hydrogen (secondary N) is 1. The molecule has 0 fully saturated rings. The fourth-order valence-electron chi connectivity index (χ4n) is 5.23. The van der Waals surface area contributed by atoms with Crippen LogP contribution in [0.15, 0.2) is 54.7 Å². The average molecular weight is 626 g/mol. The number of pyridine rings is 1. The smallest absolute Gasteiger partial charge is 0.231 e. The lowest BCUT2D eigenvalue weighted by Gasteiger charge is -2.21. The number of carbonyl (C=O) groups is 1. The Morgan fingerprint density at radius 3 is 2.53 bits per heavy atom. The average Bonchev–Trinajstić information content (AvgIpc) is 3.38. The molecule has 8 nitrogen and oxygen atoms in total. The van der Waals surface area contributed by atoms with Crippen LogP contribution in [0.5, 0.6) is 28.7 Å². The van der Waals surface area contributed by atoms with Crippen molar-refractivity contribution in [1.29, 1.82) is 0 Å². The van der Waals surface area contributed by atoms with Gasteiger partial charge in [0.15, 0.2) is 35.7 Å². The van der Waals surface area contributed by atoms with Gasteiger partial charge in [0.25, 0.3) is 0 Å². The van der Waals surface area contributed by atoms with Crippen molar-refractivity contribution in [1.82, 2.24) is 5.32 Å². The number of ether oxygens (including phenoxy) is 4. The standard InChI is InChI=1S/C29H26N2O6.HI/c1-34-24-8-7-20-22(13-27(33)30-14-17-3-5-19(32)6-4-17)28-21-12-26-25(36-16-37-26)11-18(21)9-10-31(28)15-23(20)29(24)35-2;/h3-8,11-12,15H,9-10,13-14,16H2,1-2H3,(H-,30,32,33);1H. The maximum atomic E-state index is 13.3. The Hall–Kier alpha value is -3.73. The minimum absolute atomic E-state index is 0. The van der Waals surface area contributed by atoms with Crippen molar-refractivity contribution >= 4 is 16.7 Å². The molecule has 38 heavy (non-hydrogen) atoms. The molecular formula is C29H27IN2O6. The zero-order chi connectivity index (χ0) is 25.5. The number of carbonyl (C=O) groups excluding carboxylic acids is 1. The summed E-state index contributed by atoms with van der Waals surface area (Å²) in [6.45, 7) is 1.32. The van der Waals surface area contributed by atoms with E-state index in [-0.39, 0.29) is 48.8 Å². The van der Waals surface area contributed by atoms with E-state index in [2.05, 4.69) is 22.1 Å². The van der Waals surface area contributed by atoms with Crippen LogP contribution in [0, 0.1) is 0 Å². The number of rotatable bonds is 6. The van der Waals surface area contributed by atoms with Crippen molar-refractivity contribution in [3.8, 4) is 40.0 Å². The Morgan fingerprint density at radius 2 is 1.79 bits per heavy atom. The highest BCUT2D eigenvalue weighted by molar-refractivity contribution is 5.97. The minimum atomic E-state index is -0.106. The van der Waals surface area contributed by atoms with Gasteiger partial charge in [0.2, 0.25) is 18.4 Å². The van der Waals surface area contributed by atoms with Crippen LogP contribution in [0.2, 0.25) is 0 Å². The molecule has 1 amide bonds. The number of hydrogen-bond acceptors (Lipinski definition) is 6. The van der Waals surface area contributed by atoms with Crippen molar-refractivity contribution in [2.75, 3.05) is 21.0 Å². The van der Waals surface area contributed by atoms with Crippen LogP contribution in [0.4, 0.5) is 0 Å². The number of halogens is 1. The number of nitrogens with zero attached hydrogens (tertiary/aromatic N) is 1. The van der Waals surface area contributed by atoms with Gasteiger partial charge in [0.05, 0.1) is 31.6 Å². The predicted molar refractivity (Wildman–Crippen MR) is 136 cm³/mol. The van der Waals surface area contributed by atoms with Crippen molar-refractivity contribution in [2.45, 2.75) is 25.9 Å². The topological polar surface area (TPSA) is 90.1 Å². The first-order valence-corrected chi connectivity index (χ1v) is 12.1. The van der Waals surface area contributed by atoms with E-state index in [0.29, 0.717) is 23.8 Å². The summed E-state index contributed by atoms with van der Waals surface area (Å²) in [5, 5.41) is 14.4. The van der Waals surface area contributed by atoms with E-state index in [1.54, 1.807) is 38.5 Å². The number of methoxy groups -OCH3 is 2. The Morgan fingerprint density at radius 1 is 1.03 bits per heavy atom. The Bertz CT molecular complexity index is 1540. The lowest BCUT2D eigenvalue weighted by Crippen LogP contribution is -3.00. The van der Waals surface area contributed by atoms with Crippen LogP contribution in [-0.4, -0.2) is 32.0 Å². The maximum Gasteiger partial charge on any atom is 0.231 e. The molecule has 2 N–H and O–H groups in total. The van der Waals surface area contributed by atoms with Gasteiger partial charge in [0.1, 0.15) is 5.75 Å². The normalized spacial score (nSPS) is 12.8. The quantitative estimate of drug-likeness (QED) is 0.242. The summed E-state index contributed by atoms with van der Waals surface area (Å²) in [4.78, 5) is 13.3. The highest BCUT2D eigenvalue weighted by Crippen LogP contribution is 2.43. The van der Waals surface area contributed by atoms with E-state index in [0.717, 1.165) is 57.4 Å². The second-order valence-electron chi connectivity index (χ2n) is 9.14. The molecular weight excluding hydrogens is 599 g/mol. The largest absolute Gasteiger partial charge is 1.00 e. The summed E-state index contributed by atoms with van der Waals surface area (Å²) in [5.41, 5.74) is 4.99. The van der Waals surface area contributed by atoms with E-state index >= 15 is 0 Å². The molecule has 0 saturated heterocycles. The van der Waals surface area contributed by atoms with Crippen molar-refractivity contribution < 1.29 is 57.4 Å². The molecule has 9 heteroatoms. The Kier molecular flexibility index (Phi) is 7.20. The van der Waals surface area contributed by atoms with Gasteiger partial charge in [-0.3, -0.25) is 4.79 Å². The van der Waals surface area contributed by atoms with Gasteiger partial charge in [0, 0.05) is 23.9 Å². The molecule has 2 aliphatic heterocycles. The first-order chi connectivity index (χ1) is 18.1. The molecule has 0 radical (unpaired) electrons. The number of benzene rings is 3. The number of fused-ring (bicyclic) bond motifs is 5. The third-order valence-corrected chi connectivity index (χ3v) is 7.01. The zero-order valence-corrected chi connectivity index (χ0v) is 23.2. The monoisotopic (exact) mass is 626 g/mol. The van der Waals surface area contributed by atoms with Crippen molar-refractivity contribution in [3.05, 3.63) is 71.4 Å². The Labute approximate surface area is 237 Å². The number of phenolic OH excluding ortho intramolecular Hbond substituents is 1. The lowest BCUT2D eigenvalue weighted by molar-refractivity contribution is -0.686. The Balaban J connectivity index is 0.00000294. The molecule has 2 aliphatic rings. The molecule has 3 aromatic carbocycles. The van der Waals surface area contributed by atoms with Crippen LogP contribution in [-0.2, 0) is 30.7 Å². The molecule has 196 valence electrons. The second kappa shape index (κ2) is 10.6. The fraction of sp³-hybridized carbons (Fsp3) is 0.241. The predicted octanol–water partition coefficient (Wildman–Crippen LogP) is 0.665. The van der Waals surface area contributed by atoms with Crippen LogP contribution in [0.25, 0.3) is 22.0 Å². The molecule has 0 aliphatic carbocycles. The summed E-state index contributed by atoms with van der Waals surface area (Å²) in [7, 11) is 3.24. The van der Waals surface area contributed by atoms with Crippen LogP contribution >= 0.6 is 0 Å². The highest BCUT2D eigenvalue weighted by Gasteiger charge is 2.33. The number of aromatic nitrogens is 1. The van der Waals surface area contributed by atoms with E-state index in [1.807, 2.05) is 18.2 Å². The summed E-state index contributed by atoms with van der Waals surface area (Å²) >= 11 is 0. The van der Waals surface area contributed by atoms with E-state index in [9.17, 15) is 9.90 Å². The molecule has 0 saturated carbocycles. The van der Waals surface area contributed by atoms with E-state index in [4.69, 9.17) is 18.9 Å². The molecule has 0 spiro atoms. The van der Waals surface area contributed by atoms with E-state index < -0.39 is 0 Å². The fourth-order valence-corrected chi connectivity index (χ4v) is 5.23. The first-order valence-electron chi connectivity index (χ1n) is 12.1. The van der Waals surface area contributed by atoms with Gasteiger partial charge in [-0.2, -0.15) is 4.57 Å². The number of phenols is 1. The highest BCUT2D eigenvalue weighted by atomic mass is 127. The van der Waals surface area contributed by atoms with Crippen molar-refractivity contribution in [3.63, 3.8) is 0 Å². The van der Waals surface area contributed by atoms with Crippen molar-refractivity contribution in [2.24, 2.45) is 0 Å². The summed E-state index contributed by atoms with van der Waals surface area (Å²) in [6, 6.07) is 14.7. The van der Waals surface area contributed by atoms with Gasteiger partial charge in [-0.1, -0.05) is 12.1 Å². The van der Waals surface area contributed by atoms with Gasteiger partial charge in [-0.15, -0.1) is 0 Å². The summed E-state index contributed by atoms with van der Waals surface area (Å²) in [5.74, 6) is 2.83. The summed E-state index contributed by atoms with van der Waals surface area (Å²) < 4.78 is 24.8. The molecule has 3 heterocycles. The molecule has 0 bridgehead atoms. The van der Waals surface area contributed by atoms with Crippen LogP contribution < -0.4 is 52.8 Å². The zero-order valence-electron chi connectivity index (χ0n) is 21.0. The maximum absolute atomic E-state index is 13.3. The van der Waals surface area contributed by atoms with Gasteiger partial charge < -0.3 is 53.3 Å². The number of aromatic hydroxyl groups is 1.